The van der Waals surface area contributed by atoms with Crippen molar-refractivity contribution in [2.75, 3.05) is 40.0 Å². The molecule has 0 amide bonds. The van der Waals surface area contributed by atoms with Gasteiger partial charge >= 0.3 is 0 Å². The molecule has 2 fully saturated rings. The summed E-state index contributed by atoms with van der Waals surface area (Å²) >= 11 is 0. The van der Waals surface area contributed by atoms with Gasteiger partial charge in [-0.1, -0.05) is 0 Å². The Labute approximate surface area is 133 Å². The Balaban J connectivity index is 1.39. The van der Waals surface area contributed by atoms with E-state index in [9.17, 15) is 0 Å². The van der Waals surface area contributed by atoms with E-state index in [0.717, 1.165) is 31.3 Å². The standard InChI is InChI=1S/C18H27NO3/c1-20-17-4-6-18(7-5-17)22-13-15-8-10-19(11-9-15)16-3-2-12-21-14-16/h4-7,15-16H,2-3,8-14H2,1H3. The molecule has 2 aliphatic heterocycles. The maximum absolute atomic E-state index is 5.93. The van der Waals surface area contributed by atoms with Gasteiger partial charge in [-0.25, -0.2) is 0 Å². The highest BCUT2D eigenvalue weighted by molar-refractivity contribution is 5.31. The molecule has 122 valence electrons. The molecule has 1 aromatic carbocycles. The molecule has 2 heterocycles. The first-order valence-electron chi connectivity index (χ1n) is 8.44. The van der Waals surface area contributed by atoms with Gasteiger partial charge in [-0.2, -0.15) is 0 Å². The molecule has 1 unspecified atom stereocenters. The lowest BCUT2D eigenvalue weighted by Crippen LogP contribution is -2.46. The van der Waals surface area contributed by atoms with Crippen molar-refractivity contribution < 1.29 is 14.2 Å². The van der Waals surface area contributed by atoms with Crippen molar-refractivity contribution in [2.24, 2.45) is 5.92 Å². The zero-order valence-electron chi connectivity index (χ0n) is 13.5. The average Bonchev–Trinajstić information content (AvgIpc) is 2.61. The summed E-state index contributed by atoms with van der Waals surface area (Å²) in [7, 11) is 1.68. The first-order chi connectivity index (χ1) is 10.8. The van der Waals surface area contributed by atoms with Gasteiger partial charge < -0.3 is 14.2 Å². The SMILES string of the molecule is COc1ccc(OCC2CCN(C3CCCOC3)CC2)cc1. The first kappa shape index (κ1) is 15.6. The third-order valence-corrected chi connectivity index (χ3v) is 4.85. The van der Waals surface area contributed by atoms with Crippen LogP contribution in [0.5, 0.6) is 11.5 Å². The van der Waals surface area contributed by atoms with Gasteiger partial charge in [0.2, 0.25) is 0 Å². The van der Waals surface area contributed by atoms with Gasteiger partial charge in [-0.15, -0.1) is 0 Å². The Morgan fingerprint density at radius 2 is 1.82 bits per heavy atom. The van der Waals surface area contributed by atoms with Gasteiger partial charge in [-0.3, -0.25) is 4.90 Å². The number of hydrogen-bond acceptors (Lipinski definition) is 4. The number of hydrogen-bond donors (Lipinski definition) is 0. The number of ether oxygens (including phenoxy) is 3. The smallest absolute Gasteiger partial charge is 0.119 e. The molecule has 1 aromatic rings. The average molecular weight is 305 g/mol. The van der Waals surface area contributed by atoms with Gasteiger partial charge in [0, 0.05) is 12.6 Å². The quantitative estimate of drug-likeness (QED) is 0.837. The van der Waals surface area contributed by atoms with Gasteiger partial charge in [0.15, 0.2) is 0 Å². The van der Waals surface area contributed by atoms with E-state index in [1.807, 2.05) is 24.3 Å². The van der Waals surface area contributed by atoms with Crippen LogP contribution in [0.4, 0.5) is 0 Å². The molecule has 2 saturated heterocycles. The molecule has 0 aromatic heterocycles. The zero-order valence-corrected chi connectivity index (χ0v) is 13.5. The molecule has 0 N–H and O–H groups in total. The third kappa shape index (κ3) is 4.14. The lowest BCUT2D eigenvalue weighted by molar-refractivity contribution is 0.00185. The Bertz CT molecular complexity index is 434. The van der Waals surface area contributed by atoms with Crippen molar-refractivity contribution in [1.82, 2.24) is 4.90 Å². The summed E-state index contributed by atoms with van der Waals surface area (Å²) < 4.78 is 16.7. The number of benzene rings is 1. The maximum atomic E-state index is 5.93. The van der Waals surface area contributed by atoms with Crippen LogP contribution < -0.4 is 9.47 Å². The van der Waals surface area contributed by atoms with E-state index in [1.165, 1.54) is 38.8 Å². The Hall–Kier alpha value is -1.26. The highest BCUT2D eigenvalue weighted by Gasteiger charge is 2.26. The van der Waals surface area contributed by atoms with Crippen LogP contribution in [-0.2, 0) is 4.74 Å². The lowest BCUT2D eigenvalue weighted by atomic mass is 9.95. The number of nitrogens with zero attached hydrogens (tertiary/aromatic N) is 1. The van der Waals surface area contributed by atoms with E-state index in [2.05, 4.69) is 4.90 Å². The van der Waals surface area contributed by atoms with E-state index >= 15 is 0 Å². The Morgan fingerprint density at radius 1 is 1.09 bits per heavy atom. The van der Waals surface area contributed by atoms with E-state index in [4.69, 9.17) is 14.2 Å². The third-order valence-electron chi connectivity index (χ3n) is 4.85. The highest BCUT2D eigenvalue weighted by atomic mass is 16.5. The maximum Gasteiger partial charge on any atom is 0.119 e. The van der Waals surface area contributed by atoms with Crippen LogP contribution in [0.1, 0.15) is 25.7 Å². The van der Waals surface area contributed by atoms with E-state index < -0.39 is 0 Å². The molecule has 0 spiro atoms. The van der Waals surface area contributed by atoms with Crippen LogP contribution in [0.25, 0.3) is 0 Å². The minimum absolute atomic E-state index is 0.650. The van der Waals surface area contributed by atoms with Crippen molar-refractivity contribution in [3.05, 3.63) is 24.3 Å². The predicted molar refractivity (Wildman–Crippen MR) is 86.6 cm³/mol. The summed E-state index contributed by atoms with van der Waals surface area (Å²) in [5.74, 6) is 2.47. The monoisotopic (exact) mass is 305 g/mol. The summed E-state index contributed by atoms with van der Waals surface area (Å²) in [6.07, 6.45) is 4.97. The molecule has 4 heteroatoms. The minimum Gasteiger partial charge on any atom is -0.497 e. The highest BCUT2D eigenvalue weighted by Crippen LogP contribution is 2.24. The molecule has 4 nitrogen and oxygen atoms in total. The molecular weight excluding hydrogens is 278 g/mol. The molecule has 0 aliphatic carbocycles. The fourth-order valence-electron chi connectivity index (χ4n) is 3.38. The van der Waals surface area contributed by atoms with Crippen LogP contribution in [0, 0.1) is 5.92 Å². The molecule has 0 bridgehead atoms. The second-order valence-corrected chi connectivity index (χ2v) is 6.34. The number of methoxy groups -OCH3 is 1. The summed E-state index contributed by atoms with van der Waals surface area (Å²) in [4.78, 5) is 2.61. The minimum atomic E-state index is 0.650. The van der Waals surface area contributed by atoms with E-state index in [0.29, 0.717) is 12.0 Å². The molecule has 0 radical (unpaired) electrons. The summed E-state index contributed by atoms with van der Waals surface area (Å²) in [6.45, 7) is 5.06. The van der Waals surface area contributed by atoms with Gasteiger partial charge in [0.1, 0.15) is 11.5 Å². The number of rotatable bonds is 5. The van der Waals surface area contributed by atoms with Gasteiger partial charge in [0.25, 0.3) is 0 Å². The number of piperidine rings is 1. The second kappa shape index (κ2) is 7.84. The van der Waals surface area contributed by atoms with E-state index in [-0.39, 0.29) is 0 Å². The summed E-state index contributed by atoms with van der Waals surface area (Å²) in [6, 6.07) is 8.50. The topological polar surface area (TPSA) is 30.9 Å². The van der Waals surface area contributed by atoms with Crippen molar-refractivity contribution in [1.29, 1.82) is 0 Å². The second-order valence-electron chi connectivity index (χ2n) is 6.34. The fourth-order valence-corrected chi connectivity index (χ4v) is 3.38. The largest absolute Gasteiger partial charge is 0.497 e. The van der Waals surface area contributed by atoms with Crippen LogP contribution >= 0.6 is 0 Å². The van der Waals surface area contributed by atoms with Crippen LogP contribution in [0.3, 0.4) is 0 Å². The fraction of sp³-hybridized carbons (Fsp3) is 0.667. The van der Waals surface area contributed by atoms with Crippen LogP contribution in [-0.4, -0.2) is 51.0 Å². The normalized spacial score (nSPS) is 24.1. The number of likely N-dealkylation sites (tertiary alicyclic amines) is 1. The molecular formula is C18H27NO3. The summed E-state index contributed by atoms with van der Waals surface area (Å²) in [5.41, 5.74) is 0. The molecule has 2 aliphatic rings. The van der Waals surface area contributed by atoms with Crippen molar-refractivity contribution in [3.8, 4) is 11.5 Å². The molecule has 3 rings (SSSR count). The molecule has 1 atom stereocenters. The van der Waals surface area contributed by atoms with Crippen molar-refractivity contribution >= 4 is 0 Å². The zero-order chi connectivity index (χ0) is 15.2. The predicted octanol–water partition coefficient (Wildman–Crippen LogP) is 2.97. The van der Waals surface area contributed by atoms with Gasteiger partial charge in [0.05, 0.1) is 20.3 Å². The van der Waals surface area contributed by atoms with E-state index in [1.54, 1.807) is 7.11 Å². The van der Waals surface area contributed by atoms with Crippen LogP contribution in [0.15, 0.2) is 24.3 Å². The van der Waals surface area contributed by atoms with Crippen LogP contribution in [0.2, 0.25) is 0 Å². The Morgan fingerprint density at radius 3 is 2.45 bits per heavy atom. The van der Waals surface area contributed by atoms with Gasteiger partial charge in [-0.05, 0) is 69.0 Å². The Kier molecular flexibility index (Phi) is 5.57. The van der Waals surface area contributed by atoms with Crippen molar-refractivity contribution in [2.45, 2.75) is 31.7 Å². The molecule has 0 saturated carbocycles. The lowest BCUT2D eigenvalue weighted by Gasteiger charge is -2.39. The first-order valence-corrected chi connectivity index (χ1v) is 8.44. The molecule has 22 heavy (non-hydrogen) atoms. The van der Waals surface area contributed by atoms with Crippen molar-refractivity contribution in [3.63, 3.8) is 0 Å². The summed E-state index contributed by atoms with van der Waals surface area (Å²) in [5, 5.41) is 0.